The van der Waals surface area contributed by atoms with E-state index < -0.39 is 0 Å². The van der Waals surface area contributed by atoms with Crippen LogP contribution in [0.15, 0.2) is 0 Å². The van der Waals surface area contributed by atoms with Gasteiger partial charge in [0.15, 0.2) is 0 Å². The summed E-state index contributed by atoms with van der Waals surface area (Å²) in [6.45, 7) is 0. The Bertz CT molecular complexity index is 36.5. The topological polar surface area (TPSA) is 23.9 Å². The van der Waals surface area contributed by atoms with Crippen molar-refractivity contribution < 1.29 is 0 Å². The average molecular weight is 100 g/mol. The normalized spacial score (nSPS) is 8.17. The van der Waals surface area contributed by atoms with Crippen LogP contribution in [0.25, 0.3) is 0 Å². The predicted molar refractivity (Wildman–Crippen MR) is 30.7 cm³/mol. The zero-order valence-electron chi connectivity index (χ0n) is 3.26. The summed E-state index contributed by atoms with van der Waals surface area (Å²) in [5.74, 6) is 1.57. The second-order valence-electron chi connectivity index (χ2n) is 0.701. The van der Waals surface area contributed by atoms with E-state index in [9.17, 15) is 0 Å². The second-order valence-corrected chi connectivity index (χ2v) is 0.999. The van der Waals surface area contributed by atoms with Crippen LogP contribution in [0.1, 0.15) is 0 Å². The van der Waals surface area contributed by atoms with Crippen molar-refractivity contribution in [3.63, 3.8) is 0 Å². The minimum atomic E-state index is 1.20. The molecule has 1 N–H and O–H groups in total. The molecule has 0 atom stereocenters. The minimum Gasteiger partial charge on any atom is -0.313 e. The van der Waals surface area contributed by atoms with E-state index in [0.29, 0.717) is 0 Å². The summed E-state index contributed by atoms with van der Waals surface area (Å²) in [6, 6.07) is 0. The van der Waals surface area contributed by atoms with Crippen molar-refractivity contribution in [2.45, 2.75) is 0 Å². The quantitative estimate of drug-likeness (QED) is 0.302. The van der Waals surface area contributed by atoms with Crippen molar-refractivity contribution in [1.82, 2.24) is 0 Å². The maximum absolute atomic E-state index is 6.44. The monoisotopic (exact) mass is 100 g/mol. The van der Waals surface area contributed by atoms with E-state index in [4.69, 9.17) is 5.41 Å². The molecule has 0 aliphatic carbocycles. The van der Waals surface area contributed by atoms with Gasteiger partial charge in [-0.05, 0) is 12.6 Å². The first kappa shape index (κ1) is 6.02. The fraction of sp³-hybridized carbons (Fsp3) is 0. The standard InChI is InChI=1S/C4H6NS/c5-3-1-2-4-6/h1-6H. The SMILES string of the molecule is N=C[CH][CH][CH]S. The molecule has 33 valence electrons. The lowest BCUT2D eigenvalue weighted by atomic mass is 10.4. The minimum absolute atomic E-state index is 1.20. The fourth-order valence-corrected chi connectivity index (χ4v) is 0.205. The van der Waals surface area contributed by atoms with Crippen LogP contribution in [0.5, 0.6) is 0 Å². The van der Waals surface area contributed by atoms with Gasteiger partial charge in [-0.1, -0.05) is 0 Å². The lowest BCUT2D eigenvalue weighted by molar-refractivity contribution is 1.53. The predicted octanol–water partition coefficient (Wildman–Crippen LogP) is 1.14. The molecule has 0 aromatic carbocycles. The Hall–Kier alpha value is 0.0200. The molecule has 0 aromatic heterocycles. The van der Waals surface area contributed by atoms with Gasteiger partial charge in [0.1, 0.15) is 0 Å². The maximum Gasteiger partial charge on any atom is 0.0174 e. The highest BCUT2D eigenvalue weighted by atomic mass is 32.1. The first-order valence-corrected chi connectivity index (χ1v) is 2.06. The molecule has 0 heterocycles. The van der Waals surface area contributed by atoms with Gasteiger partial charge in [-0.2, -0.15) is 12.6 Å². The summed E-state index contributed by atoms with van der Waals surface area (Å²) in [6.07, 6.45) is 4.47. The molecule has 1 nitrogen and oxygen atoms in total. The average Bonchev–Trinajstić information content (AvgIpc) is 1.61. The summed E-state index contributed by atoms with van der Waals surface area (Å²) < 4.78 is 0. The molecular weight excluding hydrogens is 94.1 g/mol. The lowest BCUT2D eigenvalue weighted by Crippen LogP contribution is -1.72. The van der Waals surface area contributed by atoms with E-state index in [0.717, 1.165) is 0 Å². The van der Waals surface area contributed by atoms with Gasteiger partial charge < -0.3 is 5.41 Å². The Morgan fingerprint density at radius 1 is 1.33 bits per heavy atom. The largest absolute Gasteiger partial charge is 0.313 e. The number of thiol groups is 1. The van der Waals surface area contributed by atoms with Crippen LogP contribution in [-0.2, 0) is 0 Å². The highest BCUT2D eigenvalue weighted by Crippen LogP contribution is 1.88. The van der Waals surface area contributed by atoms with Gasteiger partial charge in [0.2, 0.25) is 0 Å². The molecular formula is C4H6NS. The van der Waals surface area contributed by atoms with Crippen molar-refractivity contribution >= 4 is 18.8 Å². The molecule has 0 unspecified atom stereocenters. The number of unbranched alkanes of at least 4 members (excludes halogenated alkanes) is 1. The van der Waals surface area contributed by atoms with Crippen LogP contribution >= 0.6 is 12.6 Å². The summed E-state index contributed by atoms with van der Waals surface area (Å²) in [5.41, 5.74) is 0. The van der Waals surface area contributed by atoms with Crippen molar-refractivity contribution in [3.8, 4) is 0 Å². The highest BCUT2D eigenvalue weighted by molar-refractivity contribution is 7.82. The van der Waals surface area contributed by atoms with E-state index in [-0.39, 0.29) is 0 Å². The van der Waals surface area contributed by atoms with Crippen LogP contribution in [0.2, 0.25) is 0 Å². The summed E-state index contributed by atoms with van der Waals surface area (Å²) in [5, 5.41) is 6.44. The molecule has 0 spiro atoms. The number of nitrogens with one attached hydrogen (secondary N) is 1. The third kappa shape index (κ3) is 4.02. The molecule has 3 radical (unpaired) electrons. The molecule has 0 aliphatic heterocycles. The van der Waals surface area contributed by atoms with Gasteiger partial charge in [-0.15, -0.1) is 0 Å². The van der Waals surface area contributed by atoms with E-state index in [2.05, 4.69) is 12.6 Å². The zero-order valence-corrected chi connectivity index (χ0v) is 4.15. The lowest BCUT2D eigenvalue weighted by Gasteiger charge is -1.78. The highest BCUT2D eigenvalue weighted by Gasteiger charge is 1.75. The van der Waals surface area contributed by atoms with Crippen molar-refractivity contribution in [1.29, 1.82) is 5.41 Å². The number of rotatable bonds is 3. The van der Waals surface area contributed by atoms with Crippen molar-refractivity contribution in [2.75, 3.05) is 0 Å². The molecule has 0 aromatic rings. The molecule has 0 rings (SSSR count). The molecule has 0 aliphatic rings. The number of hydrogen-bond donors (Lipinski definition) is 2. The van der Waals surface area contributed by atoms with Crippen LogP contribution < -0.4 is 0 Å². The van der Waals surface area contributed by atoms with Crippen LogP contribution in [0.3, 0.4) is 0 Å². The Balaban J connectivity index is 2.49. The van der Waals surface area contributed by atoms with E-state index in [1.54, 1.807) is 18.6 Å². The summed E-state index contributed by atoms with van der Waals surface area (Å²) >= 11 is 3.74. The van der Waals surface area contributed by atoms with Crippen LogP contribution in [0, 0.1) is 24.0 Å². The molecule has 6 heavy (non-hydrogen) atoms. The third-order valence-electron chi connectivity index (χ3n) is 0.293. The van der Waals surface area contributed by atoms with Crippen molar-refractivity contribution in [3.05, 3.63) is 18.6 Å². The van der Waals surface area contributed by atoms with Crippen LogP contribution in [0.4, 0.5) is 0 Å². The Morgan fingerprint density at radius 3 is 2.17 bits per heavy atom. The molecule has 0 amide bonds. The smallest absolute Gasteiger partial charge is 0.0174 e. The van der Waals surface area contributed by atoms with Gasteiger partial charge in [0.05, 0.1) is 0 Å². The van der Waals surface area contributed by atoms with Gasteiger partial charge in [-0.3, -0.25) is 0 Å². The Labute approximate surface area is 43.7 Å². The number of hydrogen-bond acceptors (Lipinski definition) is 2. The molecule has 0 saturated carbocycles. The van der Waals surface area contributed by atoms with E-state index >= 15 is 0 Å². The third-order valence-corrected chi connectivity index (χ3v) is 0.466. The summed E-state index contributed by atoms with van der Waals surface area (Å²) in [4.78, 5) is 0. The van der Waals surface area contributed by atoms with Gasteiger partial charge in [-0.25, -0.2) is 0 Å². The molecule has 2 heteroatoms. The second kappa shape index (κ2) is 5.02. The van der Waals surface area contributed by atoms with Gasteiger partial charge in [0, 0.05) is 12.2 Å². The first-order valence-electron chi connectivity index (χ1n) is 1.55. The molecule has 0 saturated heterocycles. The first-order chi connectivity index (χ1) is 2.91. The van der Waals surface area contributed by atoms with Gasteiger partial charge in [0.25, 0.3) is 0 Å². The Kier molecular flexibility index (Phi) is 5.04. The van der Waals surface area contributed by atoms with E-state index in [1.165, 1.54) is 6.21 Å². The van der Waals surface area contributed by atoms with Gasteiger partial charge >= 0.3 is 0 Å². The van der Waals surface area contributed by atoms with E-state index in [1.807, 2.05) is 0 Å². The Morgan fingerprint density at radius 2 is 2.00 bits per heavy atom. The summed E-state index contributed by atoms with van der Waals surface area (Å²) in [7, 11) is 0. The zero-order chi connectivity index (χ0) is 4.83. The molecule has 0 fully saturated rings. The molecule has 0 bridgehead atoms. The van der Waals surface area contributed by atoms with Crippen LogP contribution in [-0.4, -0.2) is 6.21 Å². The van der Waals surface area contributed by atoms with Crippen molar-refractivity contribution in [2.24, 2.45) is 0 Å². The fourth-order valence-electron chi connectivity index (χ4n) is 0.105. The maximum atomic E-state index is 6.44.